The molecule has 0 bridgehead atoms. The summed E-state index contributed by atoms with van der Waals surface area (Å²) in [5.41, 5.74) is 1.51. The molecule has 6 atom stereocenters. The maximum atomic E-state index is 13.5. The van der Waals surface area contributed by atoms with E-state index in [1.165, 1.54) is 12.8 Å². The van der Waals surface area contributed by atoms with Gasteiger partial charge in [-0.3, -0.25) is 14.4 Å². The van der Waals surface area contributed by atoms with Gasteiger partial charge in [0.2, 0.25) is 0 Å². The summed E-state index contributed by atoms with van der Waals surface area (Å²) in [6.45, 7) is 1.87. The summed E-state index contributed by atoms with van der Waals surface area (Å²) in [5, 5.41) is 11.2. The van der Waals surface area contributed by atoms with E-state index < -0.39 is 0 Å². The Labute approximate surface area is 202 Å². The fourth-order valence-corrected chi connectivity index (χ4v) is 9.17. The highest BCUT2D eigenvalue weighted by atomic mass is 16.3. The zero-order valence-corrected chi connectivity index (χ0v) is 20.4. The Morgan fingerprint density at radius 1 is 0.676 bits per heavy atom. The highest BCUT2D eigenvalue weighted by Gasteiger charge is 2.52. The number of Topliss-reactive ketones (excluding diaryl/α,β-unsaturated/α-hetero) is 3. The normalized spacial score (nSPS) is 42.3. The molecule has 5 saturated carbocycles. The zero-order chi connectivity index (χ0) is 23.6. The molecule has 0 aromatic carbocycles. The number of aliphatic hydroxyl groups is 1. The molecule has 4 heteroatoms. The first-order valence-electron chi connectivity index (χ1n) is 13.9. The molecule has 5 fully saturated rings. The van der Waals surface area contributed by atoms with Crippen LogP contribution in [0.25, 0.3) is 0 Å². The minimum Gasteiger partial charge on any atom is -0.511 e. The van der Waals surface area contributed by atoms with Gasteiger partial charge in [-0.2, -0.15) is 0 Å². The third kappa shape index (κ3) is 3.42. The van der Waals surface area contributed by atoms with Crippen molar-refractivity contribution in [3.8, 4) is 0 Å². The van der Waals surface area contributed by atoms with E-state index in [0.29, 0.717) is 28.9 Å². The van der Waals surface area contributed by atoms with E-state index in [0.717, 1.165) is 69.8 Å². The number of carbonyl (C=O) groups is 3. The molecule has 0 aromatic heterocycles. The second-order valence-corrected chi connectivity index (χ2v) is 12.2. The van der Waals surface area contributed by atoms with Gasteiger partial charge in [0.25, 0.3) is 0 Å². The highest BCUT2D eigenvalue weighted by Crippen LogP contribution is 2.53. The standard InChI is InChI=1S/C30H38O4/c1-16(14-23-27(31)19-10-2-6-17-7-3-11-20(25(17)19)28(23)32)15-24-29(33)21-12-4-8-18-9-5-13-22(26(18)21)30(24)34/h14-15,17-22,25-26,31H,2-13H2,1H3. The lowest BCUT2D eigenvalue weighted by Gasteiger charge is -2.48. The molecule has 0 aliphatic heterocycles. The first-order valence-corrected chi connectivity index (χ1v) is 13.9. The molecule has 6 rings (SSSR count). The van der Waals surface area contributed by atoms with E-state index >= 15 is 0 Å². The molecule has 0 saturated heterocycles. The lowest BCUT2D eigenvalue weighted by atomic mass is 9.54. The Bertz CT molecular complexity index is 979. The molecule has 1 N–H and O–H groups in total. The molecule has 0 amide bonds. The first kappa shape index (κ1) is 22.5. The molecule has 6 aliphatic carbocycles. The van der Waals surface area contributed by atoms with Crippen molar-refractivity contribution in [2.24, 2.45) is 47.3 Å². The summed E-state index contributed by atoms with van der Waals surface area (Å²) >= 11 is 0. The summed E-state index contributed by atoms with van der Waals surface area (Å²) in [4.78, 5) is 40.4. The van der Waals surface area contributed by atoms with Crippen LogP contribution >= 0.6 is 0 Å². The van der Waals surface area contributed by atoms with Gasteiger partial charge in [-0.05, 0) is 74.0 Å². The van der Waals surface area contributed by atoms with Gasteiger partial charge in [0.05, 0.1) is 11.1 Å². The van der Waals surface area contributed by atoms with Gasteiger partial charge in [0, 0.05) is 23.7 Å². The minimum absolute atomic E-state index is 0.00750. The van der Waals surface area contributed by atoms with Crippen LogP contribution in [0.3, 0.4) is 0 Å². The molecule has 6 aliphatic rings. The fourth-order valence-electron chi connectivity index (χ4n) is 9.17. The molecule has 0 spiro atoms. The lowest BCUT2D eigenvalue weighted by Crippen LogP contribution is -2.49. The summed E-state index contributed by atoms with van der Waals surface area (Å²) in [7, 11) is 0. The van der Waals surface area contributed by atoms with E-state index in [2.05, 4.69) is 0 Å². The predicted octanol–water partition coefficient (Wildman–Crippen LogP) is 6.07. The fraction of sp³-hybridized carbons (Fsp3) is 0.700. The molecule has 6 unspecified atom stereocenters. The van der Waals surface area contributed by atoms with Crippen LogP contribution in [-0.4, -0.2) is 22.5 Å². The number of hydrogen-bond donors (Lipinski definition) is 1. The van der Waals surface area contributed by atoms with Gasteiger partial charge in [-0.15, -0.1) is 0 Å². The van der Waals surface area contributed by atoms with Crippen LogP contribution in [0.5, 0.6) is 0 Å². The quantitative estimate of drug-likeness (QED) is 0.399. The Morgan fingerprint density at radius 2 is 1.12 bits per heavy atom. The third-order valence-corrected chi connectivity index (χ3v) is 10.5. The van der Waals surface area contributed by atoms with Gasteiger partial charge in [-0.25, -0.2) is 0 Å². The average Bonchev–Trinajstić information content (AvgIpc) is 2.86. The molecule has 0 heterocycles. The number of allylic oxidation sites excluding steroid dienone is 6. The molecule has 34 heavy (non-hydrogen) atoms. The molecule has 0 radical (unpaired) electrons. The van der Waals surface area contributed by atoms with Gasteiger partial charge < -0.3 is 5.11 Å². The predicted molar refractivity (Wildman–Crippen MR) is 130 cm³/mol. The molecule has 4 nitrogen and oxygen atoms in total. The molecule has 182 valence electrons. The topological polar surface area (TPSA) is 71.4 Å². The van der Waals surface area contributed by atoms with Crippen molar-refractivity contribution in [3.05, 3.63) is 34.6 Å². The third-order valence-electron chi connectivity index (χ3n) is 10.5. The Kier molecular flexibility index (Phi) is 5.69. The maximum absolute atomic E-state index is 13.5. The van der Waals surface area contributed by atoms with Gasteiger partial charge in [0.1, 0.15) is 5.76 Å². The van der Waals surface area contributed by atoms with Crippen LogP contribution in [0.2, 0.25) is 0 Å². The van der Waals surface area contributed by atoms with Crippen molar-refractivity contribution >= 4 is 17.3 Å². The van der Waals surface area contributed by atoms with Crippen LogP contribution in [-0.2, 0) is 14.4 Å². The average molecular weight is 463 g/mol. The summed E-state index contributed by atoms with van der Waals surface area (Å²) in [6, 6.07) is 0. The molecule has 0 aromatic rings. The van der Waals surface area contributed by atoms with Crippen molar-refractivity contribution in [3.63, 3.8) is 0 Å². The van der Waals surface area contributed by atoms with Crippen molar-refractivity contribution < 1.29 is 19.5 Å². The van der Waals surface area contributed by atoms with Crippen molar-refractivity contribution in [2.45, 2.75) is 84.0 Å². The van der Waals surface area contributed by atoms with Crippen LogP contribution in [0.1, 0.15) is 84.0 Å². The van der Waals surface area contributed by atoms with Crippen molar-refractivity contribution in [1.82, 2.24) is 0 Å². The summed E-state index contributed by atoms with van der Waals surface area (Å²) in [6.07, 6.45) is 16.3. The number of ketones is 3. The largest absolute Gasteiger partial charge is 0.511 e. The zero-order valence-electron chi connectivity index (χ0n) is 20.4. The van der Waals surface area contributed by atoms with Gasteiger partial charge in [0.15, 0.2) is 17.3 Å². The van der Waals surface area contributed by atoms with E-state index in [1.54, 1.807) is 12.2 Å². The van der Waals surface area contributed by atoms with Gasteiger partial charge in [-0.1, -0.05) is 51.4 Å². The molecular formula is C30H38O4. The maximum Gasteiger partial charge on any atom is 0.169 e. The number of carbonyl (C=O) groups excluding carboxylic acids is 3. The van der Waals surface area contributed by atoms with Crippen LogP contribution in [0.4, 0.5) is 0 Å². The number of hydrogen-bond acceptors (Lipinski definition) is 4. The minimum atomic E-state index is -0.00750. The van der Waals surface area contributed by atoms with Gasteiger partial charge >= 0.3 is 0 Å². The van der Waals surface area contributed by atoms with Crippen molar-refractivity contribution in [1.29, 1.82) is 0 Å². The summed E-state index contributed by atoms with van der Waals surface area (Å²) < 4.78 is 0. The van der Waals surface area contributed by atoms with Crippen molar-refractivity contribution in [2.75, 3.05) is 0 Å². The Hall–Kier alpha value is -1.97. The number of rotatable bonds is 2. The number of aliphatic hydroxyl groups excluding tert-OH is 1. The van der Waals surface area contributed by atoms with E-state index in [-0.39, 0.29) is 52.7 Å². The van der Waals surface area contributed by atoms with Crippen LogP contribution in [0.15, 0.2) is 34.6 Å². The Morgan fingerprint density at radius 3 is 1.65 bits per heavy atom. The van der Waals surface area contributed by atoms with E-state index in [9.17, 15) is 19.5 Å². The molecular weight excluding hydrogens is 424 g/mol. The highest BCUT2D eigenvalue weighted by molar-refractivity contribution is 6.24. The monoisotopic (exact) mass is 462 g/mol. The smallest absolute Gasteiger partial charge is 0.169 e. The summed E-state index contributed by atoms with van der Waals surface area (Å²) in [5.74, 6) is 2.15. The Balaban J connectivity index is 1.33. The second-order valence-electron chi connectivity index (χ2n) is 12.2. The van der Waals surface area contributed by atoms with E-state index in [4.69, 9.17) is 0 Å². The van der Waals surface area contributed by atoms with Crippen LogP contribution < -0.4 is 0 Å². The van der Waals surface area contributed by atoms with E-state index in [1.807, 2.05) is 6.92 Å². The second kappa shape index (κ2) is 8.60. The lowest BCUT2D eigenvalue weighted by molar-refractivity contribution is -0.139. The van der Waals surface area contributed by atoms with Crippen LogP contribution in [0, 0.1) is 47.3 Å². The SMILES string of the molecule is CC(=CC1=C(O)C2CCCC3CCCC(C1=O)C32)C=C1C(=O)C2CCCC3CCCC(C1=O)C32. The first-order chi connectivity index (χ1) is 16.5.